The minimum absolute atomic E-state index is 0.224. The number of halogens is 1. The van der Waals surface area contributed by atoms with E-state index in [2.05, 4.69) is 15.9 Å². The average molecular weight is 297 g/mol. The highest BCUT2D eigenvalue weighted by atomic mass is 79.9. The number of fused-ring (bicyclic) bond motifs is 1. The van der Waals surface area contributed by atoms with Crippen molar-refractivity contribution in [2.75, 3.05) is 0 Å². The maximum absolute atomic E-state index is 11.8. The predicted octanol–water partition coefficient (Wildman–Crippen LogP) is 4.15. The van der Waals surface area contributed by atoms with Crippen LogP contribution in [0.3, 0.4) is 0 Å². The van der Waals surface area contributed by atoms with Gasteiger partial charge < -0.3 is 9.15 Å². The van der Waals surface area contributed by atoms with Crippen LogP contribution in [-0.4, -0.2) is 11.6 Å². The molecule has 0 spiro atoms. The van der Waals surface area contributed by atoms with E-state index in [1.54, 1.807) is 6.07 Å². The average Bonchev–Trinajstić information content (AvgIpc) is 2.60. The maximum atomic E-state index is 11.8. The lowest BCUT2D eigenvalue weighted by Gasteiger charge is -2.18. The molecule has 1 aromatic carbocycles. The number of carbonyl (C=O) groups is 1. The Morgan fingerprint density at radius 1 is 1.35 bits per heavy atom. The lowest BCUT2D eigenvalue weighted by Crippen LogP contribution is -2.23. The van der Waals surface area contributed by atoms with E-state index in [-0.39, 0.29) is 5.76 Å². The minimum atomic E-state index is -0.521. The van der Waals surface area contributed by atoms with Crippen LogP contribution < -0.4 is 0 Å². The third-order valence-electron chi connectivity index (χ3n) is 2.11. The molecule has 90 valence electrons. The minimum Gasteiger partial charge on any atom is -0.454 e. The highest BCUT2D eigenvalue weighted by molar-refractivity contribution is 9.10. The number of esters is 1. The Kier molecular flexibility index (Phi) is 3.00. The molecule has 3 nitrogen and oxygen atoms in total. The van der Waals surface area contributed by atoms with Crippen LogP contribution in [0.25, 0.3) is 11.0 Å². The van der Waals surface area contributed by atoms with E-state index >= 15 is 0 Å². The van der Waals surface area contributed by atoms with Crippen molar-refractivity contribution in [3.8, 4) is 0 Å². The number of rotatable bonds is 1. The van der Waals surface area contributed by atoms with Crippen LogP contribution in [0.4, 0.5) is 0 Å². The fourth-order valence-electron chi connectivity index (χ4n) is 1.45. The molecule has 0 bridgehead atoms. The van der Waals surface area contributed by atoms with Crippen LogP contribution in [0.2, 0.25) is 0 Å². The first-order valence-corrected chi connectivity index (χ1v) is 6.07. The number of hydrogen-bond acceptors (Lipinski definition) is 3. The van der Waals surface area contributed by atoms with E-state index in [1.165, 1.54) is 0 Å². The van der Waals surface area contributed by atoms with Crippen molar-refractivity contribution in [1.29, 1.82) is 0 Å². The molecule has 0 amide bonds. The van der Waals surface area contributed by atoms with Gasteiger partial charge in [0.2, 0.25) is 5.76 Å². The van der Waals surface area contributed by atoms with Crippen molar-refractivity contribution in [1.82, 2.24) is 0 Å². The van der Waals surface area contributed by atoms with Gasteiger partial charge in [0.25, 0.3) is 0 Å². The molecule has 1 aromatic heterocycles. The Hall–Kier alpha value is -1.29. The second-order valence-electron chi connectivity index (χ2n) is 4.76. The summed E-state index contributed by atoms with van der Waals surface area (Å²) in [5.41, 5.74) is 0.146. The highest BCUT2D eigenvalue weighted by Gasteiger charge is 2.21. The van der Waals surface area contributed by atoms with Crippen molar-refractivity contribution < 1.29 is 13.9 Å². The zero-order chi connectivity index (χ0) is 12.6. The number of ether oxygens (including phenoxy) is 1. The molecule has 0 N–H and O–H groups in total. The molecule has 0 radical (unpaired) electrons. The van der Waals surface area contributed by atoms with Crippen LogP contribution in [0.5, 0.6) is 0 Å². The first kappa shape index (κ1) is 12.2. The van der Waals surface area contributed by atoms with Gasteiger partial charge in [-0.05, 0) is 32.9 Å². The largest absolute Gasteiger partial charge is 0.454 e. The van der Waals surface area contributed by atoms with Gasteiger partial charge in [0, 0.05) is 15.9 Å². The Morgan fingerprint density at radius 2 is 2.06 bits per heavy atom. The fraction of sp³-hybridized carbons (Fsp3) is 0.308. The Bertz CT molecular complexity index is 564. The van der Waals surface area contributed by atoms with Gasteiger partial charge in [0.1, 0.15) is 11.2 Å². The molecule has 0 unspecified atom stereocenters. The van der Waals surface area contributed by atoms with Gasteiger partial charge in [-0.15, -0.1) is 0 Å². The summed E-state index contributed by atoms with van der Waals surface area (Å²) in [6.45, 7) is 5.47. The van der Waals surface area contributed by atoms with Gasteiger partial charge >= 0.3 is 5.97 Å². The Morgan fingerprint density at radius 3 is 2.65 bits per heavy atom. The zero-order valence-corrected chi connectivity index (χ0v) is 11.5. The van der Waals surface area contributed by atoms with Gasteiger partial charge in [-0.25, -0.2) is 4.79 Å². The first-order chi connectivity index (χ1) is 7.87. The van der Waals surface area contributed by atoms with Gasteiger partial charge in [-0.3, -0.25) is 0 Å². The summed E-state index contributed by atoms with van der Waals surface area (Å²) in [5, 5.41) is 0.869. The van der Waals surface area contributed by atoms with Gasteiger partial charge in [0.05, 0.1) is 0 Å². The van der Waals surface area contributed by atoms with E-state index in [0.29, 0.717) is 5.58 Å². The predicted molar refractivity (Wildman–Crippen MR) is 69.1 cm³/mol. The lowest BCUT2D eigenvalue weighted by molar-refractivity contribution is 0.00382. The van der Waals surface area contributed by atoms with Crippen molar-refractivity contribution in [2.24, 2.45) is 0 Å². The molecule has 4 heteroatoms. The van der Waals surface area contributed by atoms with E-state index in [1.807, 2.05) is 39.0 Å². The van der Waals surface area contributed by atoms with E-state index in [9.17, 15) is 4.79 Å². The molecule has 17 heavy (non-hydrogen) atoms. The number of benzene rings is 1. The fourth-order valence-corrected chi connectivity index (χ4v) is 1.92. The molecule has 2 rings (SSSR count). The van der Waals surface area contributed by atoms with Crippen molar-refractivity contribution >= 4 is 32.9 Å². The van der Waals surface area contributed by atoms with Crippen molar-refractivity contribution in [3.05, 3.63) is 34.5 Å². The van der Waals surface area contributed by atoms with E-state index in [0.717, 1.165) is 9.86 Å². The zero-order valence-electron chi connectivity index (χ0n) is 9.91. The molecule has 0 aliphatic carbocycles. The number of hydrogen-bond donors (Lipinski definition) is 0. The molecular weight excluding hydrogens is 284 g/mol. The molecule has 0 aliphatic heterocycles. The number of carbonyl (C=O) groups excluding carboxylic acids is 1. The van der Waals surface area contributed by atoms with Gasteiger partial charge in [0.15, 0.2) is 0 Å². The molecule has 0 fully saturated rings. The summed E-state index contributed by atoms with van der Waals surface area (Å²) in [6, 6.07) is 7.26. The van der Waals surface area contributed by atoms with Crippen LogP contribution >= 0.6 is 15.9 Å². The summed E-state index contributed by atoms with van der Waals surface area (Å²) >= 11 is 3.41. The van der Waals surface area contributed by atoms with Crippen molar-refractivity contribution in [2.45, 2.75) is 26.4 Å². The third-order valence-corrected chi connectivity index (χ3v) is 2.80. The summed E-state index contributed by atoms with van der Waals surface area (Å²) in [5.74, 6) is -0.220. The summed E-state index contributed by atoms with van der Waals surface area (Å²) < 4.78 is 11.6. The Labute approximate surface area is 108 Å². The lowest BCUT2D eigenvalue weighted by atomic mass is 10.2. The quantitative estimate of drug-likeness (QED) is 0.742. The topological polar surface area (TPSA) is 39.4 Å². The van der Waals surface area contributed by atoms with Gasteiger partial charge in [-0.2, -0.15) is 0 Å². The Balaban J connectivity index is 2.37. The van der Waals surface area contributed by atoms with E-state index < -0.39 is 11.6 Å². The van der Waals surface area contributed by atoms with E-state index in [4.69, 9.17) is 9.15 Å². The molecule has 0 saturated carbocycles. The molecule has 2 aromatic rings. The number of furan rings is 1. The SMILES string of the molecule is CC(C)(C)OC(=O)c1cc2c(Br)cccc2o1. The summed E-state index contributed by atoms with van der Waals surface area (Å²) in [7, 11) is 0. The smallest absolute Gasteiger partial charge is 0.374 e. The second-order valence-corrected chi connectivity index (χ2v) is 5.62. The third kappa shape index (κ3) is 2.69. The monoisotopic (exact) mass is 296 g/mol. The van der Waals surface area contributed by atoms with Crippen molar-refractivity contribution in [3.63, 3.8) is 0 Å². The van der Waals surface area contributed by atoms with Crippen LogP contribution in [0.15, 0.2) is 33.2 Å². The van der Waals surface area contributed by atoms with Crippen LogP contribution in [0.1, 0.15) is 31.3 Å². The second kappa shape index (κ2) is 4.18. The first-order valence-electron chi connectivity index (χ1n) is 5.28. The summed E-state index contributed by atoms with van der Waals surface area (Å²) in [4.78, 5) is 11.8. The summed E-state index contributed by atoms with van der Waals surface area (Å²) in [6.07, 6.45) is 0. The highest BCUT2D eigenvalue weighted by Crippen LogP contribution is 2.27. The van der Waals surface area contributed by atoms with Crippen LogP contribution in [0, 0.1) is 0 Å². The maximum Gasteiger partial charge on any atom is 0.374 e. The van der Waals surface area contributed by atoms with Gasteiger partial charge in [-0.1, -0.05) is 22.0 Å². The van der Waals surface area contributed by atoms with Crippen LogP contribution in [-0.2, 0) is 4.74 Å². The molecular formula is C13H13BrO3. The molecule has 1 heterocycles. The molecule has 0 atom stereocenters. The normalized spacial score (nSPS) is 11.8. The standard InChI is InChI=1S/C13H13BrO3/c1-13(2,3)17-12(15)11-7-8-9(14)5-4-6-10(8)16-11/h4-7H,1-3H3. The molecule has 0 saturated heterocycles. The molecule has 0 aliphatic rings.